The summed E-state index contributed by atoms with van der Waals surface area (Å²) >= 11 is 6.17. The lowest BCUT2D eigenvalue weighted by Crippen LogP contribution is -2.40. The van der Waals surface area contributed by atoms with Crippen molar-refractivity contribution in [3.63, 3.8) is 0 Å². The van der Waals surface area contributed by atoms with E-state index in [2.05, 4.69) is 9.97 Å². The van der Waals surface area contributed by atoms with Crippen LogP contribution in [-0.4, -0.2) is 33.9 Å². The predicted molar refractivity (Wildman–Crippen MR) is 111 cm³/mol. The molecule has 1 fully saturated rings. The Hall–Kier alpha value is -2.72. The van der Waals surface area contributed by atoms with Gasteiger partial charge in [0.2, 0.25) is 5.91 Å². The van der Waals surface area contributed by atoms with Gasteiger partial charge in [0, 0.05) is 42.0 Å². The molecule has 0 bridgehead atoms. The van der Waals surface area contributed by atoms with E-state index in [-0.39, 0.29) is 11.8 Å². The minimum Gasteiger partial charge on any atom is -0.342 e. The second kappa shape index (κ2) is 8.53. The van der Waals surface area contributed by atoms with Gasteiger partial charge in [-0.2, -0.15) is 0 Å². The SMILES string of the molecule is O=C(Cc1ccccc1)N1CCC[C@@H](c2nccnc2-c2cccc(Cl)c2)C1. The van der Waals surface area contributed by atoms with Crippen LogP contribution in [0.3, 0.4) is 0 Å². The van der Waals surface area contributed by atoms with Gasteiger partial charge >= 0.3 is 0 Å². The minimum absolute atomic E-state index is 0.170. The van der Waals surface area contributed by atoms with Gasteiger partial charge in [-0.25, -0.2) is 0 Å². The maximum Gasteiger partial charge on any atom is 0.227 e. The van der Waals surface area contributed by atoms with Crippen LogP contribution in [0.2, 0.25) is 5.02 Å². The van der Waals surface area contributed by atoms with E-state index in [1.807, 2.05) is 59.5 Å². The Bertz CT molecular complexity index is 961. The molecule has 28 heavy (non-hydrogen) atoms. The lowest BCUT2D eigenvalue weighted by atomic mass is 9.91. The molecule has 4 rings (SSSR count). The van der Waals surface area contributed by atoms with E-state index in [0.29, 0.717) is 18.0 Å². The van der Waals surface area contributed by atoms with Gasteiger partial charge in [0.1, 0.15) is 0 Å². The van der Waals surface area contributed by atoms with E-state index in [0.717, 1.165) is 41.9 Å². The summed E-state index contributed by atoms with van der Waals surface area (Å²) in [7, 11) is 0. The number of halogens is 1. The van der Waals surface area contributed by atoms with Crippen LogP contribution in [0.15, 0.2) is 67.0 Å². The number of aromatic nitrogens is 2. The van der Waals surface area contributed by atoms with Crippen molar-refractivity contribution in [2.75, 3.05) is 13.1 Å². The van der Waals surface area contributed by atoms with Crippen molar-refractivity contribution in [2.24, 2.45) is 0 Å². The first kappa shape index (κ1) is 18.6. The molecule has 1 aromatic heterocycles. The number of amides is 1. The number of hydrogen-bond acceptors (Lipinski definition) is 3. The standard InChI is InChI=1S/C23H22ClN3O/c24-20-10-4-8-18(15-20)22-23(26-12-11-25-22)19-9-5-13-27(16-19)21(28)14-17-6-2-1-3-7-17/h1-4,6-8,10-12,15,19H,5,9,13-14,16H2/t19-/m1/s1. The molecule has 3 aromatic rings. The summed E-state index contributed by atoms with van der Waals surface area (Å²) in [5.41, 5.74) is 3.81. The first-order valence-electron chi connectivity index (χ1n) is 9.59. The normalized spacial score (nSPS) is 16.8. The fraction of sp³-hybridized carbons (Fsp3) is 0.261. The van der Waals surface area contributed by atoms with E-state index in [1.165, 1.54) is 0 Å². The average molecular weight is 392 g/mol. The molecule has 0 aliphatic carbocycles. The minimum atomic E-state index is 0.170. The van der Waals surface area contributed by atoms with Gasteiger partial charge in [-0.05, 0) is 30.5 Å². The zero-order valence-corrected chi connectivity index (χ0v) is 16.3. The average Bonchev–Trinajstić information content (AvgIpc) is 2.74. The Morgan fingerprint density at radius 3 is 2.71 bits per heavy atom. The molecule has 1 atom stereocenters. The van der Waals surface area contributed by atoms with E-state index < -0.39 is 0 Å². The number of benzene rings is 2. The molecule has 5 heteroatoms. The molecule has 1 amide bonds. The van der Waals surface area contributed by atoms with Crippen LogP contribution in [0, 0.1) is 0 Å². The van der Waals surface area contributed by atoms with Crippen LogP contribution in [0.4, 0.5) is 0 Å². The summed E-state index contributed by atoms with van der Waals surface area (Å²) in [6, 6.07) is 17.6. The molecule has 0 N–H and O–H groups in total. The predicted octanol–water partition coefficient (Wildman–Crippen LogP) is 4.75. The molecule has 0 spiro atoms. The lowest BCUT2D eigenvalue weighted by Gasteiger charge is -2.33. The third-order valence-electron chi connectivity index (χ3n) is 5.18. The van der Waals surface area contributed by atoms with Crippen LogP contribution in [0.25, 0.3) is 11.3 Å². The monoisotopic (exact) mass is 391 g/mol. The number of carbonyl (C=O) groups is 1. The quantitative estimate of drug-likeness (QED) is 0.645. The van der Waals surface area contributed by atoms with Crippen molar-refractivity contribution in [3.05, 3.63) is 83.3 Å². The maximum absolute atomic E-state index is 12.8. The smallest absolute Gasteiger partial charge is 0.227 e. The van der Waals surface area contributed by atoms with Crippen molar-refractivity contribution in [3.8, 4) is 11.3 Å². The van der Waals surface area contributed by atoms with E-state index in [1.54, 1.807) is 12.4 Å². The summed E-state index contributed by atoms with van der Waals surface area (Å²) in [6.07, 6.45) is 5.85. The van der Waals surface area contributed by atoms with Gasteiger partial charge < -0.3 is 4.90 Å². The van der Waals surface area contributed by atoms with Crippen molar-refractivity contribution in [1.82, 2.24) is 14.9 Å². The Labute approximate surface area is 170 Å². The fourth-order valence-electron chi connectivity index (χ4n) is 3.81. The first-order valence-corrected chi connectivity index (χ1v) is 9.97. The van der Waals surface area contributed by atoms with Gasteiger partial charge in [0.15, 0.2) is 0 Å². The number of rotatable bonds is 4. The second-order valence-corrected chi connectivity index (χ2v) is 7.58. The van der Waals surface area contributed by atoms with E-state index >= 15 is 0 Å². The Morgan fingerprint density at radius 1 is 1.07 bits per heavy atom. The highest BCUT2D eigenvalue weighted by Crippen LogP contribution is 2.32. The van der Waals surface area contributed by atoms with Crippen molar-refractivity contribution < 1.29 is 4.79 Å². The van der Waals surface area contributed by atoms with Crippen molar-refractivity contribution in [1.29, 1.82) is 0 Å². The summed E-state index contributed by atoms with van der Waals surface area (Å²) in [5, 5.41) is 0.678. The number of hydrogen-bond donors (Lipinski definition) is 0. The fourth-order valence-corrected chi connectivity index (χ4v) is 4.01. The Morgan fingerprint density at radius 2 is 1.89 bits per heavy atom. The number of likely N-dealkylation sites (tertiary alicyclic amines) is 1. The largest absolute Gasteiger partial charge is 0.342 e. The first-order chi connectivity index (χ1) is 13.7. The highest BCUT2D eigenvalue weighted by atomic mass is 35.5. The van der Waals surface area contributed by atoms with Gasteiger partial charge in [-0.3, -0.25) is 14.8 Å². The second-order valence-electron chi connectivity index (χ2n) is 7.14. The van der Waals surface area contributed by atoms with Gasteiger partial charge in [-0.15, -0.1) is 0 Å². The molecule has 2 aromatic carbocycles. The van der Waals surface area contributed by atoms with Crippen LogP contribution in [0.5, 0.6) is 0 Å². The van der Waals surface area contributed by atoms with Crippen LogP contribution < -0.4 is 0 Å². The van der Waals surface area contributed by atoms with Crippen LogP contribution in [-0.2, 0) is 11.2 Å². The maximum atomic E-state index is 12.8. The summed E-state index contributed by atoms with van der Waals surface area (Å²) in [6.45, 7) is 1.48. The zero-order chi connectivity index (χ0) is 19.3. The molecule has 0 unspecified atom stereocenters. The molecule has 0 radical (unpaired) electrons. The van der Waals surface area contributed by atoms with Crippen molar-refractivity contribution >= 4 is 17.5 Å². The molecule has 142 valence electrons. The number of nitrogens with zero attached hydrogens (tertiary/aromatic N) is 3. The molecule has 4 nitrogen and oxygen atoms in total. The molecule has 1 aliphatic heterocycles. The third-order valence-corrected chi connectivity index (χ3v) is 5.42. The third kappa shape index (κ3) is 4.23. The van der Waals surface area contributed by atoms with Gasteiger partial charge in [0.05, 0.1) is 17.8 Å². The van der Waals surface area contributed by atoms with E-state index in [9.17, 15) is 4.79 Å². The highest BCUT2D eigenvalue weighted by Gasteiger charge is 2.28. The highest BCUT2D eigenvalue weighted by molar-refractivity contribution is 6.30. The topological polar surface area (TPSA) is 46.1 Å². The number of piperidine rings is 1. The summed E-state index contributed by atoms with van der Waals surface area (Å²) in [4.78, 5) is 24.0. The van der Waals surface area contributed by atoms with Crippen LogP contribution >= 0.6 is 11.6 Å². The molecular formula is C23H22ClN3O. The molecular weight excluding hydrogens is 370 g/mol. The Kier molecular flexibility index (Phi) is 5.68. The molecule has 0 saturated carbocycles. The molecule has 1 aliphatic rings. The zero-order valence-electron chi connectivity index (χ0n) is 15.6. The molecule has 2 heterocycles. The molecule has 1 saturated heterocycles. The van der Waals surface area contributed by atoms with Crippen LogP contribution in [0.1, 0.15) is 30.0 Å². The van der Waals surface area contributed by atoms with Gasteiger partial charge in [0.25, 0.3) is 0 Å². The van der Waals surface area contributed by atoms with Gasteiger partial charge in [-0.1, -0.05) is 54.1 Å². The lowest BCUT2D eigenvalue weighted by molar-refractivity contribution is -0.131. The van der Waals surface area contributed by atoms with Crippen molar-refractivity contribution in [2.45, 2.75) is 25.2 Å². The summed E-state index contributed by atoms with van der Waals surface area (Å²) in [5.74, 6) is 0.347. The Balaban J connectivity index is 1.55. The van der Waals surface area contributed by atoms with E-state index in [4.69, 9.17) is 11.6 Å². The number of carbonyl (C=O) groups excluding carboxylic acids is 1. The summed E-state index contributed by atoms with van der Waals surface area (Å²) < 4.78 is 0.